The maximum Gasteiger partial charge on any atom is 0.413 e. The molecule has 0 saturated heterocycles. The first-order valence-corrected chi connectivity index (χ1v) is 6.78. The van der Waals surface area contributed by atoms with E-state index in [1.54, 1.807) is 6.07 Å². The van der Waals surface area contributed by atoms with Crippen molar-refractivity contribution in [2.75, 3.05) is 5.32 Å². The third-order valence-corrected chi connectivity index (χ3v) is 2.97. The normalized spacial score (nSPS) is 10.3. The lowest BCUT2D eigenvalue weighted by molar-refractivity contribution is 0.155. The van der Waals surface area contributed by atoms with Crippen LogP contribution < -0.4 is 10.9 Å². The van der Waals surface area contributed by atoms with Crippen molar-refractivity contribution in [3.05, 3.63) is 70.9 Å². The second-order valence-electron chi connectivity index (χ2n) is 4.60. The van der Waals surface area contributed by atoms with Crippen LogP contribution in [-0.4, -0.2) is 25.8 Å². The monoisotopic (exact) mass is 311 g/mol. The number of carbonyl (C=O) groups is 1. The first-order chi connectivity index (χ1) is 11.2. The summed E-state index contributed by atoms with van der Waals surface area (Å²) in [4.78, 5) is 31.2. The molecule has 116 valence electrons. The number of carbonyl (C=O) groups excluding carboxylic acids is 1. The molecule has 1 aromatic carbocycles. The van der Waals surface area contributed by atoms with Gasteiger partial charge >= 0.3 is 6.09 Å². The third-order valence-electron chi connectivity index (χ3n) is 2.97. The minimum Gasteiger partial charge on any atom is -0.444 e. The van der Waals surface area contributed by atoms with Crippen LogP contribution in [0.3, 0.4) is 0 Å². The fraction of sp³-hybridized carbons (Fsp3) is 0.0667. The molecule has 0 radical (unpaired) electrons. The highest BCUT2D eigenvalue weighted by Crippen LogP contribution is 2.10. The molecule has 3 aromatic rings. The summed E-state index contributed by atoms with van der Waals surface area (Å²) < 4.78 is 6.46. The number of amides is 1. The summed E-state index contributed by atoms with van der Waals surface area (Å²) in [5.41, 5.74) is 0.492. The van der Waals surface area contributed by atoms with Crippen LogP contribution in [0.5, 0.6) is 0 Å². The van der Waals surface area contributed by atoms with Gasteiger partial charge in [-0.05, 0) is 5.56 Å². The number of benzene rings is 1. The van der Waals surface area contributed by atoms with Gasteiger partial charge in [0.2, 0.25) is 0 Å². The van der Waals surface area contributed by atoms with Gasteiger partial charge in [-0.1, -0.05) is 30.3 Å². The predicted molar refractivity (Wildman–Crippen MR) is 82.2 cm³/mol. The lowest BCUT2D eigenvalue weighted by Gasteiger charge is -2.09. The molecule has 0 spiro atoms. The van der Waals surface area contributed by atoms with Gasteiger partial charge in [-0.2, -0.15) is 0 Å². The molecule has 8 nitrogen and oxygen atoms in total. The average molecular weight is 311 g/mol. The molecule has 23 heavy (non-hydrogen) atoms. The van der Waals surface area contributed by atoms with Crippen LogP contribution in [0.15, 0.2) is 59.8 Å². The molecule has 0 aliphatic rings. The van der Waals surface area contributed by atoms with Crippen LogP contribution in [0.2, 0.25) is 0 Å². The number of nitrogens with zero attached hydrogens (tertiary/aromatic N) is 3. The molecule has 2 N–H and O–H groups in total. The van der Waals surface area contributed by atoms with E-state index in [1.807, 2.05) is 30.3 Å². The molecule has 0 unspecified atom stereocenters. The molecule has 2 heterocycles. The topological polar surface area (TPSA) is 102 Å². The maximum atomic E-state index is 11.9. The predicted octanol–water partition coefficient (Wildman–Crippen LogP) is 1.70. The summed E-state index contributed by atoms with van der Waals surface area (Å²) in [6, 6.07) is 12.1. The molecular formula is C15H13N5O3. The Balaban J connectivity index is 1.71. The number of ether oxygens (including phenoxy) is 1. The van der Waals surface area contributed by atoms with Gasteiger partial charge in [-0.3, -0.25) is 15.2 Å². The SMILES string of the molecule is O=C(Nc1cc(=O)[nH]n1-c1ccncn1)OCc1ccccc1. The van der Waals surface area contributed by atoms with Crippen molar-refractivity contribution in [2.45, 2.75) is 6.61 Å². The second kappa shape index (κ2) is 6.56. The zero-order valence-corrected chi connectivity index (χ0v) is 12.0. The highest BCUT2D eigenvalue weighted by molar-refractivity contribution is 5.83. The first-order valence-electron chi connectivity index (χ1n) is 6.78. The molecule has 3 rings (SSSR count). The van der Waals surface area contributed by atoms with Crippen LogP contribution in [-0.2, 0) is 11.3 Å². The van der Waals surface area contributed by atoms with Crippen LogP contribution in [0.4, 0.5) is 10.6 Å². The molecule has 1 amide bonds. The zero-order valence-electron chi connectivity index (χ0n) is 12.0. The third kappa shape index (κ3) is 3.62. The summed E-state index contributed by atoms with van der Waals surface area (Å²) in [7, 11) is 0. The highest BCUT2D eigenvalue weighted by Gasteiger charge is 2.11. The van der Waals surface area contributed by atoms with Crippen molar-refractivity contribution >= 4 is 11.9 Å². The maximum absolute atomic E-state index is 11.9. The largest absolute Gasteiger partial charge is 0.444 e. The first kappa shape index (κ1) is 14.5. The molecule has 0 bridgehead atoms. The minimum atomic E-state index is -0.671. The van der Waals surface area contributed by atoms with Gasteiger partial charge in [-0.25, -0.2) is 19.4 Å². The van der Waals surface area contributed by atoms with Crippen molar-refractivity contribution < 1.29 is 9.53 Å². The van der Waals surface area contributed by atoms with Crippen LogP contribution in [0.25, 0.3) is 5.82 Å². The van der Waals surface area contributed by atoms with E-state index >= 15 is 0 Å². The second-order valence-corrected chi connectivity index (χ2v) is 4.60. The fourth-order valence-corrected chi connectivity index (χ4v) is 1.94. The summed E-state index contributed by atoms with van der Waals surface area (Å²) in [6.07, 6.45) is 2.19. The van der Waals surface area contributed by atoms with E-state index in [0.717, 1.165) is 5.56 Å². The van der Waals surface area contributed by atoms with Crippen molar-refractivity contribution in [1.82, 2.24) is 19.7 Å². The Labute approximate surface area is 130 Å². The molecular weight excluding hydrogens is 298 g/mol. The van der Waals surface area contributed by atoms with Crippen molar-refractivity contribution in [1.29, 1.82) is 0 Å². The number of aromatic amines is 1. The fourth-order valence-electron chi connectivity index (χ4n) is 1.94. The van der Waals surface area contributed by atoms with Crippen molar-refractivity contribution in [3.8, 4) is 5.82 Å². The molecule has 0 aliphatic carbocycles. The standard InChI is InChI=1S/C15H13N5O3/c21-14-8-13(20(19-14)12-6-7-16-10-17-12)18-15(22)23-9-11-4-2-1-3-5-11/h1-8,10H,9H2,(H,18,22)(H,19,21). The van der Waals surface area contributed by atoms with E-state index in [9.17, 15) is 9.59 Å². The molecule has 0 fully saturated rings. The number of anilines is 1. The van der Waals surface area contributed by atoms with Gasteiger partial charge in [0, 0.05) is 18.3 Å². The van der Waals surface area contributed by atoms with E-state index < -0.39 is 6.09 Å². The molecule has 2 aromatic heterocycles. The van der Waals surface area contributed by atoms with Crippen LogP contribution >= 0.6 is 0 Å². The van der Waals surface area contributed by atoms with Gasteiger partial charge in [0.05, 0.1) is 0 Å². The van der Waals surface area contributed by atoms with Gasteiger partial charge in [0.25, 0.3) is 5.56 Å². The number of hydrogen-bond acceptors (Lipinski definition) is 5. The van der Waals surface area contributed by atoms with E-state index in [-0.39, 0.29) is 18.0 Å². The number of H-pyrrole nitrogens is 1. The number of rotatable bonds is 4. The lowest BCUT2D eigenvalue weighted by atomic mass is 10.2. The van der Waals surface area contributed by atoms with Gasteiger partial charge < -0.3 is 4.74 Å². The Morgan fingerprint density at radius 2 is 2.09 bits per heavy atom. The minimum absolute atomic E-state index is 0.134. The van der Waals surface area contributed by atoms with Gasteiger partial charge in [-0.15, -0.1) is 0 Å². The summed E-state index contributed by atoms with van der Waals surface area (Å²) in [5.74, 6) is 0.646. The Bertz CT molecular complexity index is 842. The van der Waals surface area contributed by atoms with E-state index in [2.05, 4.69) is 20.4 Å². The molecule has 0 atom stereocenters. The van der Waals surface area contributed by atoms with Crippen LogP contribution in [0, 0.1) is 0 Å². The number of aromatic nitrogens is 4. The Kier molecular flexibility index (Phi) is 4.14. The Morgan fingerprint density at radius 3 is 2.83 bits per heavy atom. The average Bonchev–Trinajstić information content (AvgIpc) is 2.95. The van der Waals surface area contributed by atoms with Gasteiger partial charge in [0.15, 0.2) is 5.82 Å². The van der Waals surface area contributed by atoms with E-state index in [1.165, 1.54) is 23.3 Å². The lowest BCUT2D eigenvalue weighted by Crippen LogP contribution is -2.16. The highest BCUT2D eigenvalue weighted by atomic mass is 16.5. The summed E-state index contributed by atoms with van der Waals surface area (Å²) in [6.45, 7) is 0.134. The summed E-state index contributed by atoms with van der Waals surface area (Å²) in [5, 5.41) is 5.05. The van der Waals surface area contributed by atoms with Crippen molar-refractivity contribution in [2.24, 2.45) is 0 Å². The Morgan fingerprint density at radius 1 is 1.26 bits per heavy atom. The molecule has 0 aliphatic heterocycles. The zero-order chi connectivity index (χ0) is 16.1. The van der Waals surface area contributed by atoms with Crippen molar-refractivity contribution in [3.63, 3.8) is 0 Å². The summed E-state index contributed by atoms with van der Waals surface area (Å²) >= 11 is 0. The smallest absolute Gasteiger partial charge is 0.413 e. The Hall–Kier alpha value is -3.42. The van der Waals surface area contributed by atoms with Gasteiger partial charge in [0.1, 0.15) is 18.8 Å². The number of nitrogens with one attached hydrogen (secondary N) is 2. The van der Waals surface area contributed by atoms with E-state index in [4.69, 9.17) is 4.74 Å². The molecule has 8 heteroatoms. The quantitative estimate of drug-likeness (QED) is 0.763. The molecule has 0 saturated carbocycles. The van der Waals surface area contributed by atoms with Crippen LogP contribution in [0.1, 0.15) is 5.56 Å². The van der Waals surface area contributed by atoms with E-state index in [0.29, 0.717) is 5.82 Å². The number of hydrogen-bond donors (Lipinski definition) is 2.